The number of para-hydroxylation sites is 1. The van der Waals surface area contributed by atoms with E-state index < -0.39 is 27.6 Å². The molecule has 4 rings (SSSR count). The van der Waals surface area contributed by atoms with Gasteiger partial charge in [-0.05, 0) is 42.8 Å². The Hall–Kier alpha value is -3.79. The van der Waals surface area contributed by atoms with Gasteiger partial charge in [-0.15, -0.1) is 0 Å². The number of ether oxygens (including phenoxy) is 2. The maximum Gasteiger partial charge on any atom is 0.407 e. The minimum atomic E-state index is -3.34. The molecule has 196 valence electrons. The van der Waals surface area contributed by atoms with Crippen LogP contribution in [0.1, 0.15) is 37.8 Å². The van der Waals surface area contributed by atoms with Crippen LogP contribution in [-0.2, 0) is 9.84 Å². The first-order valence-electron chi connectivity index (χ1n) is 11.9. The number of rotatable bonds is 7. The minimum Gasteiger partial charge on any atom is -0.496 e. The van der Waals surface area contributed by atoms with Gasteiger partial charge in [-0.3, -0.25) is 9.36 Å². The maximum atomic E-state index is 12.9. The Morgan fingerprint density at radius 2 is 1.84 bits per heavy atom. The molecule has 9 nitrogen and oxygen atoms in total. The first kappa shape index (κ1) is 26.3. The normalized spacial score (nSPS) is 19.9. The summed E-state index contributed by atoms with van der Waals surface area (Å²) in [7, 11) is -1.78. The average molecular weight is 527 g/mol. The Balaban J connectivity index is 1.62. The Kier molecular flexibility index (Phi) is 7.31. The van der Waals surface area contributed by atoms with Crippen molar-refractivity contribution in [2.24, 2.45) is 0 Å². The van der Waals surface area contributed by atoms with Crippen molar-refractivity contribution >= 4 is 15.9 Å². The van der Waals surface area contributed by atoms with E-state index >= 15 is 0 Å². The van der Waals surface area contributed by atoms with E-state index in [1.165, 1.54) is 27.7 Å². The van der Waals surface area contributed by atoms with Crippen LogP contribution in [0.15, 0.2) is 76.6 Å². The highest BCUT2D eigenvalue weighted by atomic mass is 32.2. The molecule has 10 heteroatoms. The predicted octanol–water partition coefficient (Wildman–Crippen LogP) is 4.29. The number of carbonyl (C=O) groups is 1. The van der Waals surface area contributed by atoms with E-state index in [1.807, 2.05) is 25.1 Å². The van der Waals surface area contributed by atoms with Crippen molar-refractivity contribution in [3.63, 3.8) is 0 Å². The molecule has 0 bridgehead atoms. The van der Waals surface area contributed by atoms with E-state index in [4.69, 9.17) is 9.47 Å². The van der Waals surface area contributed by atoms with Gasteiger partial charge >= 0.3 is 6.09 Å². The van der Waals surface area contributed by atoms with Gasteiger partial charge in [-0.1, -0.05) is 25.1 Å². The van der Waals surface area contributed by atoms with Gasteiger partial charge in [0.25, 0.3) is 5.56 Å². The van der Waals surface area contributed by atoms with E-state index in [2.05, 4.69) is 0 Å². The van der Waals surface area contributed by atoms with Crippen molar-refractivity contribution < 1.29 is 27.8 Å². The zero-order valence-corrected chi connectivity index (χ0v) is 21.8. The minimum absolute atomic E-state index is 0.173. The summed E-state index contributed by atoms with van der Waals surface area (Å²) in [6, 6.07) is 16.0. The Morgan fingerprint density at radius 1 is 1.14 bits per heavy atom. The third kappa shape index (κ3) is 5.48. The highest BCUT2D eigenvalue weighted by Crippen LogP contribution is 2.43. The molecule has 0 saturated carbocycles. The molecule has 0 spiro atoms. The van der Waals surface area contributed by atoms with E-state index in [-0.39, 0.29) is 17.0 Å². The second-order valence-electron chi connectivity index (χ2n) is 9.16. The summed E-state index contributed by atoms with van der Waals surface area (Å²) in [6.45, 7) is 2.26. The SMILES string of the molecule is CCC1(Oc2ccn(-c3ccc(S(C)(=O)=O)cc3)c(=O)c2)CCN(C(=O)O)C(c2ccccc2OC)C1. The lowest BCUT2D eigenvalue weighted by Crippen LogP contribution is -2.50. The van der Waals surface area contributed by atoms with Crippen molar-refractivity contribution in [2.45, 2.75) is 42.7 Å². The van der Waals surface area contributed by atoms with Gasteiger partial charge in [0.2, 0.25) is 0 Å². The number of carboxylic acid groups (broad SMARTS) is 1. The number of pyridine rings is 1. The molecule has 2 aromatic carbocycles. The van der Waals surface area contributed by atoms with Crippen LogP contribution in [0.3, 0.4) is 0 Å². The first-order chi connectivity index (χ1) is 17.6. The molecule has 37 heavy (non-hydrogen) atoms. The Morgan fingerprint density at radius 3 is 2.43 bits per heavy atom. The number of hydrogen-bond donors (Lipinski definition) is 1. The van der Waals surface area contributed by atoms with Gasteiger partial charge in [-0.2, -0.15) is 0 Å². The van der Waals surface area contributed by atoms with Crippen molar-refractivity contribution in [3.8, 4) is 17.2 Å². The van der Waals surface area contributed by atoms with Gasteiger partial charge in [0.1, 0.15) is 17.1 Å². The lowest BCUT2D eigenvalue weighted by Gasteiger charge is -2.45. The molecule has 3 aromatic rings. The first-order valence-corrected chi connectivity index (χ1v) is 13.8. The predicted molar refractivity (Wildman–Crippen MR) is 138 cm³/mol. The number of nitrogens with zero attached hydrogens (tertiary/aromatic N) is 2. The third-order valence-electron chi connectivity index (χ3n) is 6.91. The summed E-state index contributed by atoms with van der Waals surface area (Å²) >= 11 is 0. The van der Waals surface area contributed by atoms with Gasteiger partial charge in [0, 0.05) is 49.2 Å². The second-order valence-corrected chi connectivity index (χ2v) is 11.2. The zero-order chi connectivity index (χ0) is 26.8. The Labute approximate surface area is 215 Å². The Bertz CT molecular complexity index is 1450. The average Bonchev–Trinajstić information content (AvgIpc) is 2.88. The summed E-state index contributed by atoms with van der Waals surface area (Å²) in [6.07, 6.45) is 3.18. The molecular weight excluding hydrogens is 496 g/mol. The highest BCUT2D eigenvalue weighted by molar-refractivity contribution is 7.90. The van der Waals surface area contributed by atoms with Crippen LogP contribution in [0.2, 0.25) is 0 Å². The van der Waals surface area contributed by atoms with E-state index in [0.717, 1.165) is 11.8 Å². The molecular formula is C27H30N2O7S. The molecule has 1 aliphatic rings. The molecule has 1 fully saturated rings. The smallest absolute Gasteiger partial charge is 0.407 e. The monoisotopic (exact) mass is 526 g/mol. The van der Waals surface area contributed by atoms with E-state index in [9.17, 15) is 23.1 Å². The van der Waals surface area contributed by atoms with Crippen LogP contribution in [-0.4, -0.2) is 54.6 Å². The summed E-state index contributed by atoms with van der Waals surface area (Å²) in [5, 5.41) is 9.87. The molecule has 1 amide bonds. The molecule has 0 aliphatic carbocycles. The lowest BCUT2D eigenvalue weighted by atomic mass is 9.81. The van der Waals surface area contributed by atoms with Gasteiger partial charge in [-0.25, -0.2) is 13.2 Å². The molecule has 2 unspecified atom stereocenters. The zero-order valence-electron chi connectivity index (χ0n) is 21.0. The fraction of sp³-hybridized carbons (Fsp3) is 0.333. The quantitative estimate of drug-likeness (QED) is 0.488. The largest absolute Gasteiger partial charge is 0.496 e. The van der Waals surface area contributed by atoms with Crippen LogP contribution in [0.4, 0.5) is 4.79 Å². The number of methoxy groups -OCH3 is 1. The fourth-order valence-electron chi connectivity index (χ4n) is 4.82. The molecule has 1 saturated heterocycles. The maximum absolute atomic E-state index is 12.9. The molecule has 2 heterocycles. The summed E-state index contributed by atoms with van der Waals surface area (Å²) in [5.74, 6) is 0.994. The van der Waals surface area contributed by atoms with Crippen molar-refractivity contribution in [1.29, 1.82) is 0 Å². The lowest BCUT2D eigenvalue weighted by molar-refractivity contribution is -0.0248. The van der Waals surface area contributed by atoms with Crippen LogP contribution in [0.25, 0.3) is 5.69 Å². The molecule has 1 N–H and O–H groups in total. The number of piperidine rings is 1. The van der Waals surface area contributed by atoms with Crippen LogP contribution in [0.5, 0.6) is 11.5 Å². The molecule has 1 aliphatic heterocycles. The van der Waals surface area contributed by atoms with Crippen LogP contribution < -0.4 is 15.0 Å². The fourth-order valence-corrected chi connectivity index (χ4v) is 5.45. The van der Waals surface area contributed by atoms with Crippen molar-refractivity contribution in [3.05, 3.63) is 82.8 Å². The van der Waals surface area contributed by atoms with E-state index in [1.54, 1.807) is 37.6 Å². The number of sulfone groups is 1. The number of benzene rings is 2. The molecule has 2 atom stereocenters. The second kappa shape index (κ2) is 10.3. The number of likely N-dealkylation sites (tertiary alicyclic amines) is 1. The van der Waals surface area contributed by atoms with Gasteiger partial charge in [0.15, 0.2) is 9.84 Å². The number of amides is 1. The van der Waals surface area contributed by atoms with Crippen LogP contribution in [0, 0.1) is 0 Å². The topological polar surface area (TPSA) is 115 Å². The summed E-state index contributed by atoms with van der Waals surface area (Å²) in [5.41, 5.74) is 0.273. The molecule has 0 radical (unpaired) electrons. The van der Waals surface area contributed by atoms with E-state index in [0.29, 0.717) is 36.4 Å². The van der Waals surface area contributed by atoms with Gasteiger partial charge < -0.3 is 19.5 Å². The van der Waals surface area contributed by atoms with Crippen molar-refractivity contribution in [1.82, 2.24) is 9.47 Å². The van der Waals surface area contributed by atoms with Gasteiger partial charge in [0.05, 0.1) is 18.0 Å². The standard InChI is InChI=1S/C27H30N2O7S/c1-4-27(14-16-29(26(31)32)23(18-27)22-7-5-6-8-24(22)35-2)36-20-13-15-28(25(30)17-20)19-9-11-21(12-10-19)37(3,33)34/h5-13,15,17,23H,4,14,16,18H2,1-3H3,(H,31,32). The summed E-state index contributed by atoms with van der Waals surface area (Å²) in [4.78, 5) is 26.6. The third-order valence-corrected chi connectivity index (χ3v) is 8.03. The summed E-state index contributed by atoms with van der Waals surface area (Å²) < 4.78 is 36.8. The number of hydrogen-bond acceptors (Lipinski definition) is 6. The molecule has 1 aromatic heterocycles. The number of aromatic nitrogens is 1. The van der Waals surface area contributed by atoms with Crippen LogP contribution >= 0.6 is 0 Å². The van der Waals surface area contributed by atoms with Crippen molar-refractivity contribution in [2.75, 3.05) is 19.9 Å². The highest BCUT2D eigenvalue weighted by Gasteiger charge is 2.43.